The van der Waals surface area contributed by atoms with Crippen LogP contribution in [0.3, 0.4) is 0 Å². The maximum atomic E-state index is 13.3. The summed E-state index contributed by atoms with van der Waals surface area (Å²) in [6.07, 6.45) is 4.48. The SMILES string of the molecule is C=CCNC(=NCc1nnc(C)n1C)NCCc1c[nH]c2cc(F)ccc12.I. The molecule has 3 rings (SSSR count). The third-order valence-electron chi connectivity index (χ3n) is 4.39. The molecule has 28 heavy (non-hydrogen) atoms. The summed E-state index contributed by atoms with van der Waals surface area (Å²) in [6.45, 7) is 7.35. The lowest BCUT2D eigenvalue weighted by atomic mass is 10.1. The van der Waals surface area contributed by atoms with Crippen molar-refractivity contribution < 1.29 is 4.39 Å². The van der Waals surface area contributed by atoms with Crippen molar-refractivity contribution in [3.63, 3.8) is 0 Å². The largest absolute Gasteiger partial charge is 0.361 e. The first-order valence-corrected chi connectivity index (χ1v) is 8.82. The van der Waals surface area contributed by atoms with Crippen LogP contribution in [-0.4, -0.2) is 38.8 Å². The van der Waals surface area contributed by atoms with E-state index in [2.05, 4.69) is 37.4 Å². The van der Waals surface area contributed by atoms with Crippen molar-refractivity contribution in [2.45, 2.75) is 19.9 Å². The van der Waals surface area contributed by atoms with Crippen LogP contribution in [0.1, 0.15) is 17.2 Å². The van der Waals surface area contributed by atoms with Crippen LogP contribution in [0.4, 0.5) is 4.39 Å². The van der Waals surface area contributed by atoms with Gasteiger partial charge in [-0.25, -0.2) is 9.38 Å². The number of nitrogens with one attached hydrogen (secondary N) is 3. The Bertz CT molecular complexity index is 961. The monoisotopic (exact) mass is 497 g/mol. The highest BCUT2D eigenvalue weighted by Gasteiger charge is 2.07. The minimum Gasteiger partial charge on any atom is -0.361 e. The van der Waals surface area contributed by atoms with E-state index in [4.69, 9.17) is 0 Å². The first kappa shape index (κ1) is 21.9. The molecular formula is C19H25FIN7. The quantitative estimate of drug-likeness (QED) is 0.203. The molecule has 0 fully saturated rings. The van der Waals surface area contributed by atoms with Crippen LogP contribution in [0.25, 0.3) is 10.9 Å². The summed E-state index contributed by atoms with van der Waals surface area (Å²) in [4.78, 5) is 7.68. The Hall–Kier alpha value is -2.43. The first-order valence-electron chi connectivity index (χ1n) is 8.82. The molecule has 0 spiro atoms. The summed E-state index contributed by atoms with van der Waals surface area (Å²) in [6, 6.07) is 4.79. The minimum absolute atomic E-state index is 0. The second-order valence-electron chi connectivity index (χ2n) is 6.24. The van der Waals surface area contributed by atoms with E-state index in [1.165, 1.54) is 12.1 Å². The van der Waals surface area contributed by atoms with Gasteiger partial charge in [0, 0.05) is 37.2 Å². The third-order valence-corrected chi connectivity index (χ3v) is 4.39. The maximum Gasteiger partial charge on any atom is 0.191 e. The molecule has 3 N–H and O–H groups in total. The predicted octanol–water partition coefficient (Wildman–Crippen LogP) is 2.83. The number of H-pyrrole nitrogens is 1. The third kappa shape index (κ3) is 5.31. The second kappa shape index (κ2) is 10.2. The number of aryl methyl sites for hydroxylation is 1. The number of guanidine groups is 1. The molecule has 0 saturated carbocycles. The van der Waals surface area contributed by atoms with Gasteiger partial charge in [0.1, 0.15) is 18.2 Å². The molecule has 0 atom stereocenters. The Morgan fingerprint density at radius 1 is 1.36 bits per heavy atom. The molecule has 2 aromatic heterocycles. The van der Waals surface area contributed by atoms with E-state index < -0.39 is 0 Å². The Kier molecular flexibility index (Phi) is 7.97. The van der Waals surface area contributed by atoms with Crippen molar-refractivity contribution in [2.24, 2.45) is 12.0 Å². The highest BCUT2D eigenvalue weighted by atomic mass is 127. The van der Waals surface area contributed by atoms with Crippen molar-refractivity contribution >= 4 is 40.8 Å². The topological polar surface area (TPSA) is 82.9 Å². The Labute approximate surface area is 180 Å². The van der Waals surface area contributed by atoms with Gasteiger partial charge in [-0.2, -0.15) is 0 Å². The smallest absolute Gasteiger partial charge is 0.191 e. The minimum atomic E-state index is -0.240. The molecule has 7 nitrogen and oxygen atoms in total. The summed E-state index contributed by atoms with van der Waals surface area (Å²) < 4.78 is 15.2. The molecular weight excluding hydrogens is 472 g/mol. The van der Waals surface area contributed by atoms with Gasteiger partial charge in [0.2, 0.25) is 0 Å². The number of nitrogens with zero attached hydrogens (tertiary/aromatic N) is 4. The van der Waals surface area contributed by atoms with E-state index in [9.17, 15) is 4.39 Å². The number of benzene rings is 1. The Morgan fingerprint density at radius 3 is 2.89 bits per heavy atom. The zero-order chi connectivity index (χ0) is 19.2. The average Bonchev–Trinajstić information content (AvgIpc) is 3.20. The van der Waals surface area contributed by atoms with E-state index in [0.717, 1.165) is 34.5 Å². The first-order chi connectivity index (χ1) is 13.1. The molecule has 2 heterocycles. The standard InChI is InChI=1S/C19H24FN7.HI/c1-4-8-21-19(24-12-18-26-25-13(2)27(18)3)22-9-7-14-11-23-17-10-15(20)5-6-16(14)17;/h4-6,10-11,23H,1,7-9,12H2,2-3H3,(H2,21,22,24);1H. The summed E-state index contributed by atoms with van der Waals surface area (Å²) in [5.74, 6) is 2.09. The number of hydrogen-bond donors (Lipinski definition) is 3. The number of hydrogen-bond acceptors (Lipinski definition) is 3. The molecule has 3 aromatic rings. The normalized spacial score (nSPS) is 11.3. The number of aliphatic imine (C=N–C) groups is 1. The van der Waals surface area contributed by atoms with Gasteiger partial charge in [0.05, 0.1) is 0 Å². The lowest BCUT2D eigenvalue weighted by molar-refractivity contribution is 0.629. The summed E-state index contributed by atoms with van der Waals surface area (Å²) in [5.41, 5.74) is 1.94. The summed E-state index contributed by atoms with van der Waals surface area (Å²) in [5, 5.41) is 15.7. The maximum absolute atomic E-state index is 13.3. The van der Waals surface area contributed by atoms with Crippen LogP contribution < -0.4 is 10.6 Å². The summed E-state index contributed by atoms with van der Waals surface area (Å²) >= 11 is 0. The van der Waals surface area contributed by atoms with E-state index in [1.54, 1.807) is 12.1 Å². The Balaban J connectivity index is 0.00000280. The van der Waals surface area contributed by atoms with Crippen LogP contribution in [-0.2, 0) is 20.0 Å². The molecule has 0 unspecified atom stereocenters. The van der Waals surface area contributed by atoms with Crippen molar-refractivity contribution in [3.8, 4) is 0 Å². The van der Waals surface area contributed by atoms with E-state index in [-0.39, 0.29) is 29.8 Å². The molecule has 0 saturated heterocycles. The molecule has 0 bridgehead atoms. The average molecular weight is 497 g/mol. The van der Waals surface area contributed by atoms with Gasteiger partial charge in [-0.05, 0) is 37.1 Å². The van der Waals surface area contributed by atoms with Gasteiger partial charge in [0.25, 0.3) is 0 Å². The highest BCUT2D eigenvalue weighted by molar-refractivity contribution is 14.0. The number of aromatic amines is 1. The van der Waals surface area contributed by atoms with Crippen molar-refractivity contribution in [3.05, 3.63) is 60.1 Å². The van der Waals surface area contributed by atoms with Gasteiger partial charge in [-0.1, -0.05) is 6.08 Å². The predicted molar refractivity (Wildman–Crippen MR) is 120 cm³/mol. The number of fused-ring (bicyclic) bond motifs is 1. The van der Waals surface area contributed by atoms with Crippen LogP contribution in [0, 0.1) is 12.7 Å². The summed E-state index contributed by atoms with van der Waals surface area (Å²) in [7, 11) is 1.92. The molecule has 0 aliphatic heterocycles. The van der Waals surface area contributed by atoms with Gasteiger partial charge < -0.3 is 20.2 Å². The second-order valence-corrected chi connectivity index (χ2v) is 6.24. The zero-order valence-corrected chi connectivity index (χ0v) is 18.3. The van der Waals surface area contributed by atoms with Crippen molar-refractivity contribution in [1.29, 1.82) is 0 Å². The molecule has 0 aliphatic carbocycles. The lowest BCUT2D eigenvalue weighted by Gasteiger charge is -2.11. The fourth-order valence-electron chi connectivity index (χ4n) is 2.76. The van der Waals surface area contributed by atoms with Gasteiger partial charge >= 0.3 is 0 Å². The molecule has 150 valence electrons. The van der Waals surface area contributed by atoms with Gasteiger partial charge in [0.15, 0.2) is 11.8 Å². The van der Waals surface area contributed by atoms with Crippen LogP contribution in [0.5, 0.6) is 0 Å². The molecule has 0 aliphatic rings. The van der Waals surface area contributed by atoms with Crippen LogP contribution in [0.15, 0.2) is 42.0 Å². The van der Waals surface area contributed by atoms with E-state index in [1.807, 2.05) is 24.7 Å². The van der Waals surface area contributed by atoms with Gasteiger partial charge in [-0.15, -0.1) is 40.8 Å². The number of aromatic nitrogens is 4. The van der Waals surface area contributed by atoms with Crippen molar-refractivity contribution in [2.75, 3.05) is 13.1 Å². The molecule has 0 amide bonds. The Morgan fingerprint density at radius 2 is 2.18 bits per heavy atom. The highest BCUT2D eigenvalue weighted by Crippen LogP contribution is 2.19. The fourth-order valence-corrected chi connectivity index (χ4v) is 2.76. The number of rotatable bonds is 7. The number of halogens is 2. The van der Waals surface area contributed by atoms with E-state index >= 15 is 0 Å². The lowest BCUT2D eigenvalue weighted by Crippen LogP contribution is -2.38. The van der Waals surface area contributed by atoms with Crippen LogP contribution >= 0.6 is 24.0 Å². The zero-order valence-electron chi connectivity index (χ0n) is 16.0. The van der Waals surface area contributed by atoms with Crippen molar-refractivity contribution in [1.82, 2.24) is 30.4 Å². The fraction of sp³-hybridized carbons (Fsp3) is 0.316. The molecule has 0 radical (unpaired) electrons. The van der Waals surface area contributed by atoms with E-state index in [0.29, 0.717) is 25.6 Å². The molecule has 9 heteroatoms. The van der Waals surface area contributed by atoms with Crippen LogP contribution in [0.2, 0.25) is 0 Å². The molecule has 1 aromatic carbocycles. The van der Waals surface area contributed by atoms with Gasteiger partial charge in [-0.3, -0.25) is 0 Å².